The van der Waals surface area contributed by atoms with Crippen molar-refractivity contribution in [1.29, 1.82) is 0 Å². The molecular formula is C10H9ClN6. The van der Waals surface area contributed by atoms with Crippen molar-refractivity contribution in [3.05, 3.63) is 35.8 Å². The molecule has 6 nitrogen and oxygen atoms in total. The first-order valence-electron chi connectivity index (χ1n) is 5.03. The first-order valence-corrected chi connectivity index (χ1v) is 5.41. The average Bonchev–Trinajstić information content (AvgIpc) is 2.88. The van der Waals surface area contributed by atoms with E-state index >= 15 is 0 Å². The van der Waals surface area contributed by atoms with Gasteiger partial charge in [0, 0.05) is 7.05 Å². The molecule has 0 spiro atoms. The minimum atomic E-state index is 0.365. The van der Waals surface area contributed by atoms with Gasteiger partial charge < -0.3 is 4.57 Å². The lowest BCUT2D eigenvalue weighted by Crippen LogP contribution is -2.06. The molecule has 0 aliphatic rings. The summed E-state index contributed by atoms with van der Waals surface area (Å²) in [6.45, 7) is 0.592. The zero-order chi connectivity index (χ0) is 11.8. The van der Waals surface area contributed by atoms with Crippen molar-refractivity contribution >= 4 is 22.8 Å². The summed E-state index contributed by atoms with van der Waals surface area (Å²) in [7, 11) is 1.94. The highest BCUT2D eigenvalue weighted by Gasteiger charge is 2.08. The summed E-state index contributed by atoms with van der Waals surface area (Å²) in [5.41, 5.74) is 2.45. The molecule has 0 N–H and O–H groups in total. The molecule has 0 radical (unpaired) electrons. The van der Waals surface area contributed by atoms with Gasteiger partial charge in [-0.3, -0.25) is 0 Å². The van der Waals surface area contributed by atoms with Crippen molar-refractivity contribution in [2.24, 2.45) is 7.05 Å². The number of rotatable bonds is 2. The number of hydrogen-bond donors (Lipinski definition) is 0. The van der Waals surface area contributed by atoms with Gasteiger partial charge in [0.2, 0.25) is 0 Å². The lowest BCUT2D eigenvalue weighted by Gasteiger charge is -2.03. The predicted molar refractivity (Wildman–Crippen MR) is 62.6 cm³/mol. The maximum absolute atomic E-state index is 5.83. The molecule has 3 aromatic rings. The van der Waals surface area contributed by atoms with E-state index in [-0.39, 0.29) is 0 Å². The summed E-state index contributed by atoms with van der Waals surface area (Å²) in [5, 5.41) is 4.61. The van der Waals surface area contributed by atoms with Gasteiger partial charge in [-0.2, -0.15) is 5.10 Å². The van der Waals surface area contributed by atoms with Crippen LogP contribution in [0.3, 0.4) is 0 Å². The normalized spacial score (nSPS) is 11.2. The van der Waals surface area contributed by atoms with Crippen LogP contribution in [0.25, 0.3) is 11.2 Å². The van der Waals surface area contributed by atoms with Crippen LogP contribution < -0.4 is 0 Å². The van der Waals surface area contributed by atoms with E-state index in [2.05, 4.69) is 20.1 Å². The SMILES string of the molecule is Cn1cncc1Cn1ncc2ncc(Cl)nc21. The van der Waals surface area contributed by atoms with Gasteiger partial charge in [0.25, 0.3) is 0 Å². The topological polar surface area (TPSA) is 61.4 Å². The molecule has 0 atom stereocenters. The highest BCUT2D eigenvalue weighted by atomic mass is 35.5. The molecule has 0 aliphatic carbocycles. The monoisotopic (exact) mass is 248 g/mol. The summed E-state index contributed by atoms with van der Waals surface area (Å²) in [4.78, 5) is 12.4. The zero-order valence-corrected chi connectivity index (χ0v) is 9.83. The van der Waals surface area contributed by atoms with Gasteiger partial charge in [0.15, 0.2) is 5.65 Å². The van der Waals surface area contributed by atoms with E-state index in [0.717, 1.165) is 11.2 Å². The summed E-state index contributed by atoms with van der Waals surface area (Å²) in [6.07, 6.45) is 6.74. The molecule has 0 aromatic carbocycles. The van der Waals surface area contributed by atoms with Gasteiger partial charge in [-0.25, -0.2) is 19.6 Å². The third-order valence-electron chi connectivity index (χ3n) is 2.54. The lowest BCUT2D eigenvalue weighted by molar-refractivity contribution is 0.662. The number of aromatic nitrogens is 6. The molecule has 3 rings (SSSR count). The molecule has 0 unspecified atom stereocenters. The summed E-state index contributed by atoms with van der Waals surface area (Å²) in [5.74, 6) is 0. The fourth-order valence-corrected chi connectivity index (χ4v) is 1.76. The smallest absolute Gasteiger partial charge is 0.178 e. The Bertz CT molecular complexity index is 670. The maximum Gasteiger partial charge on any atom is 0.178 e. The van der Waals surface area contributed by atoms with Crippen molar-refractivity contribution in [2.75, 3.05) is 0 Å². The van der Waals surface area contributed by atoms with E-state index in [0.29, 0.717) is 17.3 Å². The Morgan fingerprint density at radius 1 is 1.29 bits per heavy atom. The standard InChI is InChI=1S/C10H9ClN6/c1-16-6-12-2-7(16)5-17-10-8(3-14-17)13-4-9(11)15-10/h2-4,6H,5H2,1H3. The van der Waals surface area contributed by atoms with Gasteiger partial charge in [0.05, 0.1) is 37.2 Å². The Hall–Kier alpha value is -1.95. The van der Waals surface area contributed by atoms with Crippen LogP contribution in [0.1, 0.15) is 5.69 Å². The van der Waals surface area contributed by atoms with E-state index in [4.69, 9.17) is 11.6 Å². The van der Waals surface area contributed by atoms with Gasteiger partial charge in [-0.1, -0.05) is 11.6 Å². The molecule has 0 amide bonds. The first-order chi connectivity index (χ1) is 8.24. The molecule has 3 aromatic heterocycles. The van der Waals surface area contributed by atoms with E-state index in [1.165, 1.54) is 6.20 Å². The molecular weight excluding hydrogens is 240 g/mol. The Morgan fingerprint density at radius 3 is 2.94 bits per heavy atom. The molecule has 7 heteroatoms. The van der Waals surface area contributed by atoms with Crippen LogP contribution in [0.4, 0.5) is 0 Å². The molecule has 0 saturated heterocycles. The Morgan fingerprint density at radius 2 is 2.18 bits per heavy atom. The van der Waals surface area contributed by atoms with Crippen molar-refractivity contribution in [3.63, 3.8) is 0 Å². The van der Waals surface area contributed by atoms with Crippen LogP contribution in [0.5, 0.6) is 0 Å². The third-order valence-corrected chi connectivity index (χ3v) is 2.73. The van der Waals surface area contributed by atoms with Gasteiger partial charge in [0.1, 0.15) is 10.7 Å². The quantitative estimate of drug-likeness (QED) is 0.685. The molecule has 0 saturated carbocycles. The molecule has 0 fully saturated rings. The van der Waals surface area contributed by atoms with Gasteiger partial charge in [-0.15, -0.1) is 0 Å². The molecule has 86 valence electrons. The van der Waals surface area contributed by atoms with Crippen molar-refractivity contribution in [3.8, 4) is 0 Å². The van der Waals surface area contributed by atoms with Gasteiger partial charge >= 0.3 is 0 Å². The number of nitrogens with zero attached hydrogens (tertiary/aromatic N) is 6. The van der Waals surface area contributed by atoms with Crippen LogP contribution in [-0.2, 0) is 13.6 Å². The van der Waals surface area contributed by atoms with Crippen molar-refractivity contribution in [1.82, 2.24) is 29.3 Å². The van der Waals surface area contributed by atoms with Gasteiger partial charge in [-0.05, 0) is 0 Å². The molecule has 3 heterocycles. The predicted octanol–water partition coefficient (Wildman–Crippen LogP) is 1.26. The second-order valence-corrected chi connectivity index (χ2v) is 4.09. The number of hydrogen-bond acceptors (Lipinski definition) is 4. The van der Waals surface area contributed by atoms with E-state index < -0.39 is 0 Å². The van der Waals surface area contributed by atoms with Crippen molar-refractivity contribution < 1.29 is 0 Å². The number of aryl methyl sites for hydroxylation is 1. The molecule has 0 bridgehead atoms. The lowest BCUT2D eigenvalue weighted by atomic mass is 10.4. The fraction of sp³-hybridized carbons (Fsp3) is 0.200. The van der Waals surface area contributed by atoms with E-state index in [1.54, 1.807) is 23.4 Å². The fourth-order valence-electron chi connectivity index (χ4n) is 1.63. The van der Waals surface area contributed by atoms with Crippen LogP contribution in [0, 0.1) is 0 Å². The number of imidazole rings is 1. The number of halogens is 1. The minimum absolute atomic E-state index is 0.365. The zero-order valence-electron chi connectivity index (χ0n) is 9.08. The van der Waals surface area contributed by atoms with E-state index in [1.807, 2.05) is 11.6 Å². The van der Waals surface area contributed by atoms with Crippen LogP contribution >= 0.6 is 11.6 Å². The summed E-state index contributed by atoms with van der Waals surface area (Å²) < 4.78 is 3.69. The Kier molecular flexibility index (Phi) is 2.29. The molecule has 0 aliphatic heterocycles. The third kappa shape index (κ3) is 1.76. The van der Waals surface area contributed by atoms with Crippen LogP contribution in [0.15, 0.2) is 24.9 Å². The summed E-state index contributed by atoms with van der Waals surface area (Å²) in [6, 6.07) is 0. The highest BCUT2D eigenvalue weighted by Crippen LogP contribution is 2.13. The second-order valence-electron chi connectivity index (χ2n) is 3.70. The first kappa shape index (κ1) is 10.2. The maximum atomic E-state index is 5.83. The Labute approximate surface area is 102 Å². The Balaban J connectivity index is 2.06. The van der Waals surface area contributed by atoms with Crippen LogP contribution in [-0.4, -0.2) is 29.3 Å². The average molecular weight is 249 g/mol. The van der Waals surface area contributed by atoms with Crippen LogP contribution in [0.2, 0.25) is 5.15 Å². The van der Waals surface area contributed by atoms with Crippen molar-refractivity contribution in [2.45, 2.75) is 6.54 Å². The largest absolute Gasteiger partial charge is 0.336 e. The van der Waals surface area contributed by atoms with E-state index in [9.17, 15) is 0 Å². The minimum Gasteiger partial charge on any atom is -0.336 e. The number of fused-ring (bicyclic) bond motifs is 1. The highest BCUT2D eigenvalue weighted by molar-refractivity contribution is 6.29. The molecule has 17 heavy (non-hydrogen) atoms. The summed E-state index contributed by atoms with van der Waals surface area (Å²) >= 11 is 5.83. The second kappa shape index (κ2) is 3.81.